The number of amides is 2. The predicted octanol–water partition coefficient (Wildman–Crippen LogP) is 2.05. The Morgan fingerprint density at radius 3 is 2.07 bits per heavy atom. The molecule has 0 unspecified atom stereocenters. The first-order valence-corrected chi connectivity index (χ1v) is 10.4. The first kappa shape index (κ1) is 22.4. The largest absolute Gasteiger partial charge is 0.493 e. The average molecular weight is 420 g/mol. The Morgan fingerprint density at radius 2 is 1.52 bits per heavy atom. The lowest BCUT2D eigenvalue weighted by atomic mass is 10.2. The van der Waals surface area contributed by atoms with Crippen LogP contribution in [0, 0.1) is 5.92 Å². The van der Waals surface area contributed by atoms with Gasteiger partial charge in [-0.25, -0.2) is 12.7 Å². The van der Waals surface area contributed by atoms with Crippen LogP contribution >= 0.6 is 0 Å². The molecule has 9 heteroatoms. The van der Waals surface area contributed by atoms with Gasteiger partial charge in [0.25, 0.3) is 11.8 Å². The van der Waals surface area contributed by atoms with Gasteiger partial charge in [0.15, 0.2) is 0 Å². The van der Waals surface area contributed by atoms with Crippen LogP contribution < -0.4 is 15.6 Å². The Labute approximate surface area is 170 Å². The first-order chi connectivity index (χ1) is 13.6. The molecule has 8 nitrogen and oxygen atoms in total. The van der Waals surface area contributed by atoms with Crippen LogP contribution in [-0.4, -0.2) is 45.2 Å². The van der Waals surface area contributed by atoms with Crippen molar-refractivity contribution in [2.75, 3.05) is 20.7 Å². The lowest BCUT2D eigenvalue weighted by molar-refractivity contribution is 0.0846. The highest BCUT2D eigenvalue weighted by atomic mass is 32.2. The standard InChI is InChI=1S/C20H25N3O5S/c1-14(2)13-28-17-9-5-7-15(11-17)19(24)21-22-20(25)16-8-6-10-18(12-16)29(26,27)23(3)4/h5-12,14H,13H2,1-4H3,(H,21,24)(H,22,25). The minimum absolute atomic E-state index is 0.0171. The molecule has 2 amide bonds. The summed E-state index contributed by atoms with van der Waals surface area (Å²) >= 11 is 0. The zero-order valence-electron chi connectivity index (χ0n) is 16.8. The van der Waals surface area contributed by atoms with Gasteiger partial charge in [-0.05, 0) is 42.3 Å². The van der Waals surface area contributed by atoms with Gasteiger partial charge in [0, 0.05) is 25.2 Å². The molecule has 0 atom stereocenters. The van der Waals surface area contributed by atoms with Crippen LogP contribution in [0.3, 0.4) is 0 Å². The van der Waals surface area contributed by atoms with E-state index in [1.54, 1.807) is 24.3 Å². The average Bonchev–Trinajstić information content (AvgIpc) is 2.70. The molecule has 2 aromatic carbocycles. The number of ether oxygens (including phenoxy) is 1. The van der Waals surface area contributed by atoms with E-state index in [0.717, 1.165) is 4.31 Å². The minimum atomic E-state index is -3.67. The van der Waals surface area contributed by atoms with Gasteiger partial charge in [-0.3, -0.25) is 20.4 Å². The summed E-state index contributed by atoms with van der Waals surface area (Å²) in [7, 11) is -0.863. The Hall–Kier alpha value is -2.91. The summed E-state index contributed by atoms with van der Waals surface area (Å²) < 4.78 is 31.0. The third-order valence-electron chi connectivity index (χ3n) is 3.84. The summed E-state index contributed by atoms with van der Waals surface area (Å²) in [4.78, 5) is 24.6. The van der Waals surface area contributed by atoms with Crippen molar-refractivity contribution in [3.05, 3.63) is 59.7 Å². The Balaban J connectivity index is 2.04. The van der Waals surface area contributed by atoms with Gasteiger partial charge in [-0.1, -0.05) is 26.0 Å². The zero-order valence-corrected chi connectivity index (χ0v) is 17.6. The molecule has 0 aliphatic rings. The second-order valence-corrected chi connectivity index (χ2v) is 9.11. The number of carbonyl (C=O) groups excluding carboxylic acids is 2. The Morgan fingerprint density at radius 1 is 0.966 bits per heavy atom. The topological polar surface area (TPSA) is 105 Å². The van der Waals surface area contributed by atoms with Crippen LogP contribution in [0.4, 0.5) is 0 Å². The van der Waals surface area contributed by atoms with Crippen LogP contribution in [0.15, 0.2) is 53.4 Å². The third kappa shape index (κ3) is 6.03. The fraction of sp³-hybridized carbons (Fsp3) is 0.300. The Bertz CT molecular complexity index is 987. The lowest BCUT2D eigenvalue weighted by Gasteiger charge is -2.13. The normalized spacial score (nSPS) is 11.4. The van der Waals surface area contributed by atoms with Crippen LogP contribution in [0.25, 0.3) is 0 Å². The number of sulfonamides is 1. The molecule has 0 aliphatic heterocycles. The van der Waals surface area contributed by atoms with Crippen molar-refractivity contribution in [1.29, 1.82) is 0 Å². The van der Waals surface area contributed by atoms with E-state index >= 15 is 0 Å². The van der Waals surface area contributed by atoms with Gasteiger partial charge in [0.2, 0.25) is 10.0 Å². The fourth-order valence-electron chi connectivity index (χ4n) is 2.26. The quantitative estimate of drug-likeness (QED) is 0.669. The van der Waals surface area contributed by atoms with E-state index in [0.29, 0.717) is 23.8 Å². The molecule has 2 aromatic rings. The maximum absolute atomic E-state index is 12.3. The van der Waals surface area contributed by atoms with Crippen molar-refractivity contribution in [2.24, 2.45) is 5.92 Å². The van der Waals surface area contributed by atoms with Gasteiger partial charge >= 0.3 is 0 Å². The van der Waals surface area contributed by atoms with Crippen LogP contribution in [0.2, 0.25) is 0 Å². The zero-order chi connectivity index (χ0) is 21.6. The van der Waals surface area contributed by atoms with E-state index in [9.17, 15) is 18.0 Å². The summed E-state index contributed by atoms with van der Waals surface area (Å²) in [6.45, 7) is 4.56. The molecular formula is C20H25N3O5S. The van der Waals surface area contributed by atoms with E-state index < -0.39 is 21.8 Å². The minimum Gasteiger partial charge on any atom is -0.493 e. The molecule has 0 bridgehead atoms. The molecule has 29 heavy (non-hydrogen) atoms. The van der Waals surface area contributed by atoms with Crippen molar-refractivity contribution in [3.63, 3.8) is 0 Å². The van der Waals surface area contributed by atoms with Crippen molar-refractivity contribution in [2.45, 2.75) is 18.7 Å². The number of nitrogens with zero attached hydrogens (tertiary/aromatic N) is 1. The number of hydrogen-bond donors (Lipinski definition) is 2. The van der Waals surface area contributed by atoms with E-state index in [1.165, 1.54) is 38.4 Å². The maximum atomic E-state index is 12.3. The molecular weight excluding hydrogens is 394 g/mol. The second kappa shape index (κ2) is 9.53. The smallest absolute Gasteiger partial charge is 0.269 e. The van der Waals surface area contributed by atoms with Crippen molar-refractivity contribution >= 4 is 21.8 Å². The first-order valence-electron chi connectivity index (χ1n) is 8.97. The summed E-state index contributed by atoms with van der Waals surface area (Å²) in [6.07, 6.45) is 0. The maximum Gasteiger partial charge on any atom is 0.269 e. The molecule has 0 heterocycles. The van der Waals surface area contributed by atoms with Gasteiger partial charge in [0.1, 0.15) is 5.75 Å². The fourth-order valence-corrected chi connectivity index (χ4v) is 3.20. The molecule has 2 N–H and O–H groups in total. The Kier molecular flexibility index (Phi) is 7.35. The molecule has 0 aromatic heterocycles. The van der Waals surface area contributed by atoms with Crippen molar-refractivity contribution in [1.82, 2.24) is 15.2 Å². The predicted molar refractivity (Wildman–Crippen MR) is 109 cm³/mol. The van der Waals surface area contributed by atoms with Crippen LogP contribution in [-0.2, 0) is 10.0 Å². The van der Waals surface area contributed by atoms with Crippen LogP contribution in [0.5, 0.6) is 5.75 Å². The number of benzene rings is 2. The van der Waals surface area contributed by atoms with E-state index in [1.807, 2.05) is 13.8 Å². The molecule has 0 aliphatic carbocycles. The van der Waals surface area contributed by atoms with E-state index in [-0.39, 0.29) is 10.5 Å². The van der Waals surface area contributed by atoms with Crippen LogP contribution in [0.1, 0.15) is 34.6 Å². The molecule has 0 fully saturated rings. The molecule has 156 valence electrons. The molecule has 2 rings (SSSR count). The number of hydrazine groups is 1. The van der Waals surface area contributed by atoms with Crippen molar-refractivity contribution in [3.8, 4) is 5.75 Å². The highest BCUT2D eigenvalue weighted by molar-refractivity contribution is 7.89. The van der Waals surface area contributed by atoms with Gasteiger partial charge in [-0.15, -0.1) is 0 Å². The number of rotatable bonds is 7. The molecule has 0 spiro atoms. The van der Waals surface area contributed by atoms with Gasteiger partial charge in [-0.2, -0.15) is 0 Å². The van der Waals surface area contributed by atoms with Crippen molar-refractivity contribution < 1.29 is 22.7 Å². The summed E-state index contributed by atoms with van der Waals surface area (Å²) in [5, 5.41) is 0. The molecule has 0 saturated heterocycles. The summed E-state index contributed by atoms with van der Waals surface area (Å²) in [5.41, 5.74) is 5.02. The van der Waals surface area contributed by atoms with E-state index in [4.69, 9.17) is 4.74 Å². The molecule has 0 radical (unpaired) electrons. The number of carbonyl (C=O) groups is 2. The second-order valence-electron chi connectivity index (χ2n) is 6.96. The monoisotopic (exact) mass is 419 g/mol. The number of hydrogen-bond acceptors (Lipinski definition) is 5. The summed E-state index contributed by atoms with van der Waals surface area (Å²) in [6, 6.07) is 12.2. The highest BCUT2D eigenvalue weighted by Crippen LogP contribution is 2.16. The molecule has 0 saturated carbocycles. The van der Waals surface area contributed by atoms with Gasteiger partial charge < -0.3 is 4.74 Å². The van der Waals surface area contributed by atoms with Gasteiger partial charge in [0.05, 0.1) is 11.5 Å². The lowest BCUT2D eigenvalue weighted by Crippen LogP contribution is -2.41. The van der Waals surface area contributed by atoms with E-state index in [2.05, 4.69) is 10.9 Å². The third-order valence-corrected chi connectivity index (χ3v) is 5.66. The SMILES string of the molecule is CC(C)COc1cccc(C(=O)NNC(=O)c2cccc(S(=O)(=O)N(C)C)c2)c1. The summed E-state index contributed by atoms with van der Waals surface area (Å²) in [5.74, 6) is -0.259. The number of nitrogens with one attached hydrogen (secondary N) is 2. The highest BCUT2D eigenvalue weighted by Gasteiger charge is 2.19.